The highest BCUT2D eigenvalue weighted by Crippen LogP contribution is 2.39. The Morgan fingerprint density at radius 2 is 1.55 bits per heavy atom. The van der Waals surface area contributed by atoms with Crippen molar-refractivity contribution in [2.24, 2.45) is 0 Å². The van der Waals surface area contributed by atoms with Gasteiger partial charge in [0.05, 0.1) is 25.9 Å². The molecule has 2 aromatic rings. The first-order chi connectivity index (χ1) is 18.0. The highest BCUT2D eigenvalue weighted by molar-refractivity contribution is 6.99. The number of hydrogen-bond donors (Lipinski definition) is 4. The molecule has 1 aliphatic heterocycles. The standard InChI is InChI=1S/C28H37NO8Si/c1-18(31)29-24-22(16-23(27(34)35-5)36-26(24)25(33)21(32)17-30)37-38(28(2,3)4,19-12-8-6-9-13-19)20-14-10-7-11-15-20/h6-16,21-22,24-26,30,32-33H,17H2,1-5H3,(H,29,31)/t21-,22+,24+,25-,26-/m1/s1. The third-order valence-corrected chi connectivity index (χ3v) is 11.7. The van der Waals surface area contributed by atoms with Crippen LogP contribution in [-0.2, 0) is 23.5 Å². The van der Waals surface area contributed by atoms with Crippen molar-refractivity contribution in [2.75, 3.05) is 13.7 Å². The van der Waals surface area contributed by atoms with E-state index in [1.807, 2.05) is 60.7 Å². The first-order valence-electron chi connectivity index (χ1n) is 12.5. The fourth-order valence-corrected chi connectivity index (χ4v) is 9.56. The van der Waals surface area contributed by atoms with Gasteiger partial charge >= 0.3 is 5.97 Å². The van der Waals surface area contributed by atoms with Crippen molar-refractivity contribution in [2.45, 2.75) is 63.2 Å². The van der Waals surface area contributed by atoms with Crippen LogP contribution in [0.2, 0.25) is 5.04 Å². The lowest BCUT2D eigenvalue weighted by molar-refractivity contribution is -0.151. The van der Waals surface area contributed by atoms with Gasteiger partial charge in [0.2, 0.25) is 11.7 Å². The topological polar surface area (TPSA) is 135 Å². The van der Waals surface area contributed by atoms with Gasteiger partial charge in [-0.25, -0.2) is 4.79 Å². The Morgan fingerprint density at radius 1 is 1.03 bits per heavy atom. The molecule has 0 aliphatic carbocycles. The monoisotopic (exact) mass is 543 g/mol. The molecule has 0 bridgehead atoms. The average Bonchev–Trinajstić information content (AvgIpc) is 2.90. The summed E-state index contributed by atoms with van der Waals surface area (Å²) >= 11 is 0. The van der Waals surface area contributed by atoms with Crippen LogP contribution in [0, 0.1) is 0 Å². The van der Waals surface area contributed by atoms with Crippen LogP contribution in [0.5, 0.6) is 0 Å². The molecule has 0 saturated heterocycles. The van der Waals surface area contributed by atoms with Gasteiger partial charge in [-0.3, -0.25) is 4.79 Å². The number of aliphatic hydroxyl groups is 3. The molecule has 9 nitrogen and oxygen atoms in total. The molecule has 5 atom stereocenters. The van der Waals surface area contributed by atoms with E-state index in [0.29, 0.717) is 0 Å². The van der Waals surface area contributed by atoms with Crippen LogP contribution in [0.4, 0.5) is 0 Å². The van der Waals surface area contributed by atoms with Crippen molar-refractivity contribution in [1.82, 2.24) is 5.32 Å². The van der Waals surface area contributed by atoms with Gasteiger partial charge in [-0.15, -0.1) is 0 Å². The number of methoxy groups -OCH3 is 1. The van der Waals surface area contributed by atoms with Gasteiger partial charge in [0.1, 0.15) is 12.2 Å². The molecule has 38 heavy (non-hydrogen) atoms. The summed E-state index contributed by atoms with van der Waals surface area (Å²) in [6, 6.07) is 18.6. The van der Waals surface area contributed by atoms with E-state index in [0.717, 1.165) is 10.4 Å². The van der Waals surface area contributed by atoms with E-state index in [9.17, 15) is 24.9 Å². The lowest BCUT2D eigenvalue weighted by Gasteiger charge is -2.48. The van der Waals surface area contributed by atoms with Gasteiger partial charge < -0.3 is 34.5 Å². The summed E-state index contributed by atoms with van der Waals surface area (Å²) in [5, 5.41) is 34.9. The third-order valence-electron chi connectivity index (χ3n) is 6.69. The Bertz CT molecular complexity index is 1080. The second-order valence-electron chi connectivity index (χ2n) is 10.3. The maximum absolute atomic E-state index is 12.6. The second kappa shape index (κ2) is 12.2. The largest absolute Gasteiger partial charge is 0.478 e. The summed E-state index contributed by atoms with van der Waals surface area (Å²) in [5.74, 6) is -1.47. The van der Waals surface area contributed by atoms with E-state index in [-0.39, 0.29) is 5.76 Å². The smallest absolute Gasteiger partial charge is 0.373 e. The van der Waals surface area contributed by atoms with Crippen LogP contribution in [0.1, 0.15) is 27.7 Å². The van der Waals surface area contributed by atoms with E-state index in [2.05, 4.69) is 26.1 Å². The summed E-state index contributed by atoms with van der Waals surface area (Å²) in [5.41, 5.74) is 0. The van der Waals surface area contributed by atoms with Gasteiger partial charge in [-0.05, 0) is 21.5 Å². The number of carbonyl (C=O) groups is 2. The number of aliphatic hydroxyl groups excluding tert-OH is 3. The fraction of sp³-hybridized carbons (Fsp3) is 0.429. The lowest BCUT2D eigenvalue weighted by Crippen LogP contribution is -2.70. The van der Waals surface area contributed by atoms with Crippen molar-refractivity contribution >= 4 is 30.6 Å². The summed E-state index contributed by atoms with van der Waals surface area (Å²) in [6.45, 7) is 6.80. The van der Waals surface area contributed by atoms with Gasteiger partial charge in [0, 0.05) is 6.92 Å². The molecular weight excluding hydrogens is 506 g/mol. The number of nitrogens with one attached hydrogen (secondary N) is 1. The van der Waals surface area contributed by atoms with Crippen LogP contribution in [0.15, 0.2) is 72.5 Å². The van der Waals surface area contributed by atoms with Crippen molar-refractivity contribution < 1.29 is 38.8 Å². The first kappa shape index (κ1) is 29.5. The normalized spacial score (nSPS) is 21.5. The minimum absolute atomic E-state index is 0.230. The second-order valence-corrected chi connectivity index (χ2v) is 14.6. The maximum atomic E-state index is 12.6. The lowest BCUT2D eigenvalue weighted by atomic mass is 9.94. The van der Waals surface area contributed by atoms with Gasteiger partial charge in [-0.1, -0.05) is 81.4 Å². The average molecular weight is 544 g/mol. The molecule has 3 rings (SSSR count). The van der Waals surface area contributed by atoms with Crippen LogP contribution < -0.4 is 15.7 Å². The zero-order valence-electron chi connectivity index (χ0n) is 22.3. The van der Waals surface area contributed by atoms with Crippen molar-refractivity contribution in [3.8, 4) is 0 Å². The Kier molecular flexibility index (Phi) is 9.50. The number of benzene rings is 2. The molecule has 4 N–H and O–H groups in total. The fourth-order valence-electron chi connectivity index (χ4n) is 4.93. The molecule has 10 heteroatoms. The Labute approximate surface area is 224 Å². The minimum Gasteiger partial charge on any atom is -0.478 e. The summed E-state index contributed by atoms with van der Waals surface area (Å²) in [7, 11) is -2.01. The SMILES string of the molecule is COC(=O)C1=C[C@H](O[Si](c2ccccc2)(c2ccccc2)C(C)(C)C)[C@H](NC(C)=O)[C@H]([C@H](O)[C@H](O)CO)O1. The zero-order valence-corrected chi connectivity index (χ0v) is 23.3. The molecule has 1 aliphatic rings. The molecule has 206 valence electrons. The molecule has 2 aromatic carbocycles. The minimum atomic E-state index is -3.20. The summed E-state index contributed by atoms with van der Waals surface area (Å²) in [6.07, 6.45) is -4.11. The number of carbonyl (C=O) groups excluding carboxylic acids is 2. The first-order valence-corrected chi connectivity index (χ1v) is 14.4. The van der Waals surface area contributed by atoms with Crippen LogP contribution >= 0.6 is 0 Å². The molecule has 0 saturated carbocycles. The van der Waals surface area contributed by atoms with E-state index >= 15 is 0 Å². The van der Waals surface area contributed by atoms with Gasteiger partial charge in [0.15, 0.2) is 6.10 Å². The molecule has 0 spiro atoms. The van der Waals surface area contributed by atoms with Crippen LogP contribution in [0.3, 0.4) is 0 Å². The van der Waals surface area contributed by atoms with E-state index < -0.39 is 62.3 Å². The predicted molar refractivity (Wildman–Crippen MR) is 144 cm³/mol. The molecular formula is C28H37NO8Si. The summed E-state index contributed by atoms with van der Waals surface area (Å²) in [4.78, 5) is 24.9. The zero-order chi connectivity index (χ0) is 28.1. The highest BCUT2D eigenvalue weighted by atomic mass is 28.4. The van der Waals surface area contributed by atoms with Crippen LogP contribution in [0.25, 0.3) is 0 Å². The number of hydrogen-bond acceptors (Lipinski definition) is 8. The van der Waals surface area contributed by atoms with E-state index in [1.165, 1.54) is 20.1 Å². The number of ether oxygens (including phenoxy) is 2. The molecule has 0 unspecified atom stereocenters. The highest BCUT2D eigenvalue weighted by Gasteiger charge is 2.54. The molecule has 1 heterocycles. The van der Waals surface area contributed by atoms with Gasteiger partial charge in [-0.2, -0.15) is 0 Å². The maximum Gasteiger partial charge on any atom is 0.373 e. The Morgan fingerprint density at radius 3 is 1.97 bits per heavy atom. The van der Waals surface area contributed by atoms with Crippen molar-refractivity contribution in [3.63, 3.8) is 0 Å². The van der Waals surface area contributed by atoms with E-state index in [4.69, 9.17) is 13.9 Å². The quantitative estimate of drug-likeness (QED) is 0.267. The molecule has 0 fully saturated rings. The van der Waals surface area contributed by atoms with Crippen molar-refractivity contribution in [1.29, 1.82) is 0 Å². The van der Waals surface area contributed by atoms with Gasteiger partial charge in [0.25, 0.3) is 8.32 Å². The summed E-state index contributed by atoms with van der Waals surface area (Å²) < 4.78 is 17.8. The third kappa shape index (κ3) is 6.00. The van der Waals surface area contributed by atoms with E-state index in [1.54, 1.807) is 0 Å². The Hall–Kier alpha value is -3.02. The predicted octanol–water partition coefficient (Wildman–Crippen LogP) is 0.606. The molecule has 0 radical (unpaired) electrons. The number of esters is 1. The van der Waals surface area contributed by atoms with Crippen LogP contribution in [-0.4, -0.2) is 79.7 Å². The van der Waals surface area contributed by atoms with Crippen molar-refractivity contribution in [3.05, 3.63) is 72.5 Å². The number of rotatable bonds is 9. The Balaban J connectivity index is 2.27. The molecule has 1 amide bonds. The molecule has 0 aromatic heterocycles. The number of amides is 1.